The van der Waals surface area contributed by atoms with Crippen LogP contribution in [0.5, 0.6) is 0 Å². The van der Waals surface area contributed by atoms with Crippen molar-refractivity contribution < 1.29 is 28.0 Å². The summed E-state index contributed by atoms with van der Waals surface area (Å²) in [7, 11) is 1.26. The summed E-state index contributed by atoms with van der Waals surface area (Å²) in [6.07, 6.45) is 5.72. The molecule has 184 valence electrons. The molecule has 1 aliphatic rings. The van der Waals surface area contributed by atoms with Gasteiger partial charge >= 0.3 is 5.97 Å². The van der Waals surface area contributed by atoms with Gasteiger partial charge in [-0.05, 0) is 30.5 Å². The van der Waals surface area contributed by atoms with E-state index in [2.05, 4.69) is 20.8 Å². The maximum absolute atomic E-state index is 13.3. The third-order valence-electron chi connectivity index (χ3n) is 6.04. The van der Waals surface area contributed by atoms with E-state index in [1.54, 1.807) is 0 Å². The van der Waals surface area contributed by atoms with Gasteiger partial charge in [0.05, 0.1) is 19.6 Å². The molecule has 3 rings (SSSR count). The lowest BCUT2D eigenvalue weighted by Crippen LogP contribution is -2.45. The number of rotatable bonds is 9. The van der Waals surface area contributed by atoms with E-state index in [4.69, 9.17) is 9.26 Å². The van der Waals surface area contributed by atoms with Crippen molar-refractivity contribution in [2.75, 3.05) is 7.11 Å². The van der Waals surface area contributed by atoms with E-state index < -0.39 is 23.4 Å². The van der Waals surface area contributed by atoms with Crippen LogP contribution in [-0.4, -0.2) is 35.0 Å². The fraction of sp³-hybridized carbons (Fsp3) is 0.542. The van der Waals surface area contributed by atoms with E-state index in [1.807, 2.05) is 0 Å². The van der Waals surface area contributed by atoms with Gasteiger partial charge in [0, 0.05) is 19.8 Å². The smallest absolute Gasteiger partial charge is 0.307 e. The topological polar surface area (TPSA) is 123 Å². The highest BCUT2D eigenvalue weighted by Gasteiger charge is 2.38. The fourth-order valence-corrected chi connectivity index (χ4v) is 4.31. The quantitative estimate of drug-likeness (QED) is 0.422. The molecule has 2 amide bonds. The summed E-state index contributed by atoms with van der Waals surface area (Å²) in [5.74, 6) is -0.651. The molecule has 1 aliphatic carbocycles. The lowest BCUT2D eigenvalue weighted by atomic mass is 9.89. The Labute approximate surface area is 197 Å². The molecule has 0 radical (unpaired) electrons. The number of benzene rings is 1. The summed E-state index contributed by atoms with van der Waals surface area (Å²) in [6.45, 7) is 1.48. The number of carbonyl (C=O) groups is 3. The average Bonchev–Trinajstić information content (AvgIpc) is 3.17. The van der Waals surface area contributed by atoms with E-state index >= 15 is 0 Å². The first kappa shape index (κ1) is 25.3. The van der Waals surface area contributed by atoms with Crippen molar-refractivity contribution in [2.45, 2.75) is 76.3 Å². The molecule has 2 N–H and O–H groups in total. The van der Waals surface area contributed by atoms with Gasteiger partial charge in [0.15, 0.2) is 5.82 Å². The Morgan fingerprint density at radius 3 is 2.44 bits per heavy atom. The van der Waals surface area contributed by atoms with Gasteiger partial charge in [-0.2, -0.15) is 4.98 Å². The number of carbonyl (C=O) groups excluding carboxylic acids is 3. The van der Waals surface area contributed by atoms with Crippen LogP contribution in [0.25, 0.3) is 0 Å². The van der Waals surface area contributed by atoms with Crippen molar-refractivity contribution >= 4 is 17.8 Å². The standard InChI is InChI=1S/C24H31FN4O5/c1-16(30)28-24(13-5-3-4-6-14-24)23-27-21(34-29-23)12-11-20(31)26-19(15-22(32)33-2)17-7-9-18(25)10-8-17/h7-10,19H,3-6,11-15H2,1-2H3,(H,26,31)(H,28,30). The molecule has 10 heteroatoms. The van der Waals surface area contributed by atoms with Gasteiger partial charge in [0.1, 0.15) is 11.4 Å². The molecule has 1 heterocycles. The van der Waals surface area contributed by atoms with Gasteiger partial charge < -0.3 is 19.9 Å². The van der Waals surface area contributed by atoms with Crippen LogP contribution in [0.2, 0.25) is 0 Å². The Morgan fingerprint density at radius 2 is 1.82 bits per heavy atom. The van der Waals surface area contributed by atoms with E-state index in [0.29, 0.717) is 17.3 Å². The number of ether oxygens (including phenoxy) is 1. The molecule has 9 nitrogen and oxygen atoms in total. The molecule has 34 heavy (non-hydrogen) atoms. The van der Waals surface area contributed by atoms with Gasteiger partial charge in [0.25, 0.3) is 0 Å². The van der Waals surface area contributed by atoms with Gasteiger partial charge in [-0.3, -0.25) is 14.4 Å². The van der Waals surface area contributed by atoms with Crippen molar-refractivity contribution in [3.05, 3.63) is 47.4 Å². The highest BCUT2D eigenvalue weighted by molar-refractivity contribution is 5.78. The summed E-state index contributed by atoms with van der Waals surface area (Å²) in [5, 5.41) is 9.94. The summed E-state index contributed by atoms with van der Waals surface area (Å²) < 4.78 is 23.4. The third-order valence-corrected chi connectivity index (χ3v) is 6.04. The molecule has 1 aromatic carbocycles. The molecule has 1 aromatic heterocycles. The van der Waals surface area contributed by atoms with Gasteiger partial charge in [-0.15, -0.1) is 0 Å². The number of esters is 1. The zero-order chi connectivity index (χ0) is 24.6. The van der Waals surface area contributed by atoms with Crippen molar-refractivity contribution in [2.24, 2.45) is 0 Å². The maximum Gasteiger partial charge on any atom is 0.307 e. The lowest BCUT2D eigenvalue weighted by Gasteiger charge is -2.30. The molecule has 0 saturated heterocycles. The van der Waals surface area contributed by atoms with E-state index in [9.17, 15) is 18.8 Å². The van der Waals surface area contributed by atoms with Crippen LogP contribution in [-0.2, 0) is 31.1 Å². The zero-order valence-corrected chi connectivity index (χ0v) is 19.6. The SMILES string of the molecule is COC(=O)CC(NC(=O)CCc1nc(C2(NC(C)=O)CCCCCC2)no1)c1ccc(F)cc1. The monoisotopic (exact) mass is 474 g/mol. The number of halogens is 1. The second kappa shape index (κ2) is 11.7. The van der Waals surface area contributed by atoms with Crippen LogP contribution < -0.4 is 10.6 Å². The average molecular weight is 475 g/mol. The summed E-state index contributed by atoms with van der Waals surface area (Å²) in [5.41, 5.74) is -0.0635. The van der Waals surface area contributed by atoms with Crippen LogP contribution in [0, 0.1) is 5.82 Å². The Bertz CT molecular complexity index is 984. The molecule has 0 aliphatic heterocycles. The first-order chi connectivity index (χ1) is 16.3. The van der Waals surface area contributed by atoms with Crippen molar-refractivity contribution in [3.8, 4) is 0 Å². The Morgan fingerprint density at radius 1 is 1.15 bits per heavy atom. The molecule has 0 bridgehead atoms. The van der Waals surface area contributed by atoms with E-state index in [0.717, 1.165) is 38.5 Å². The minimum absolute atomic E-state index is 0.0492. The number of amides is 2. The first-order valence-electron chi connectivity index (χ1n) is 11.5. The largest absolute Gasteiger partial charge is 0.469 e. The molecule has 0 spiro atoms. The Hall–Kier alpha value is -3.30. The van der Waals surface area contributed by atoms with Crippen LogP contribution in [0.3, 0.4) is 0 Å². The predicted octanol–water partition coefficient (Wildman–Crippen LogP) is 3.25. The van der Waals surface area contributed by atoms with E-state index in [-0.39, 0.29) is 31.1 Å². The molecule has 1 fully saturated rings. The summed E-state index contributed by atoms with van der Waals surface area (Å²) in [4.78, 5) is 40.8. The maximum atomic E-state index is 13.3. The minimum atomic E-state index is -0.659. The number of nitrogens with zero attached hydrogens (tertiary/aromatic N) is 2. The van der Waals surface area contributed by atoms with Crippen molar-refractivity contribution in [1.29, 1.82) is 0 Å². The van der Waals surface area contributed by atoms with Crippen LogP contribution in [0.15, 0.2) is 28.8 Å². The highest BCUT2D eigenvalue weighted by atomic mass is 19.1. The lowest BCUT2D eigenvalue weighted by molar-refractivity contribution is -0.141. The molecule has 1 unspecified atom stereocenters. The van der Waals surface area contributed by atoms with E-state index in [1.165, 1.54) is 38.3 Å². The second-order valence-electron chi connectivity index (χ2n) is 8.64. The molecule has 2 aromatic rings. The highest BCUT2D eigenvalue weighted by Crippen LogP contribution is 2.34. The Kier molecular flexibility index (Phi) is 8.72. The van der Waals surface area contributed by atoms with Crippen molar-refractivity contribution in [3.63, 3.8) is 0 Å². The van der Waals surface area contributed by atoms with Gasteiger partial charge in [-0.1, -0.05) is 43.0 Å². The first-order valence-corrected chi connectivity index (χ1v) is 11.5. The molecule has 1 atom stereocenters. The number of hydrogen-bond acceptors (Lipinski definition) is 7. The fourth-order valence-electron chi connectivity index (χ4n) is 4.31. The third kappa shape index (κ3) is 6.85. The predicted molar refractivity (Wildman–Crippen MR) is 120 cm³/mol. The van der Waals surface area contributed by atoms with Crippen LogP contribution in [0.1, 0.15) is 81.6 Å². The number of aromatic nitrogens is 2. The molecule has 1 saturated carbocycles. The zero-order valence-electron chi connectivity index (χ0n) is 19.6. The van der Waals surface area contributed by atoms with Gasteiger partial charge in [0.2, 0.25) is 17.7 Å². The van der Waals surface area contributed by atoms with Gasteiger partial charge in [-0.25, -0.2) is 4.39 Å². The number of aryl methyl sites for hydroxylation is 1. The minimum Gasteiger partial charge on any atom is -0.469 e. The number of methoxy groups -OCH3 is 1. The molecular formula is C24H31FN4O5. The molecular weight excluding hydrogens is 443 g/mol. The van der Waals surface area contributed by atoms with Crippen molar-refractivity contribution in [1.82, 2.24) is 20.8 Å². The second-order valence-corrected chi connectivity index (χ2v) is 8.64. The Balaban J connectivity index is 1.65. The number of nitrogens with one attached hydrogen (secondary N) is 2. The summed E-state index contributed by atoms with van der Waals surface area (Å²) in [6, 6.07) is 4.91. The number of hydrogen-bond donors (Lipinski definition) is 2. The van der Waals surface area contributed by atoms with Crippen LogP contribution >= 0.6 is 0 Å². The summed E-state index contributed by atoms with van der Waals surface area (Å²) >= 11 is 0. The normalized spacial score (nSPS) is 16.2. The van der Waals surface area contributed by atoms with Crippen LogP contribution in [0.4, 0.5) is 4.39 Å².